The Morgan fingerprint density at radius 1 is 1.24 bits per heavy atom. The Morgan fingerprint density at radius 2 is 2.05 bits per heavy atom. The lowest BCUT2D eigenvalue weighted by Crippen LogP contribution is -2.21. The van der Waals surface area contributed by atoms with Gasteiger partial charge in [-0.3, -0.25) is 4.79 Å². The maximum absolute atomic E-state index is 11.9. The lowest BCUT2D eigenvalue weighted by atomic mass is 9.89. The molecule has 0 radical (unpaired) electrons. The van der Waals surface area contributed by atoms with Crippen LogP contribution in [0.25, 0.3) is 10.8 Å². The summed E-state index contributed by atoms with van der Waals surface area (Å²) in [7, 11) is 1.65. The Bertz CT molecular complexity index is 622. The number of nitrogens with two attached hydrogens (primary N) is 1. The largest absolute Gasteiger partial charge is 0.497 e. The maximum atomic E-state index is 11.9. The molecule has 0 spiro atoms. The molecule has 1 unspecified atom stereocenters. The Balaban J connectivity index is 2.43. The summed E-state index contributed by atoms with van der Waals surface area (Å²) in [6, 6.07) is 12.0. The highest BCUT2D eigenvalue weighted by atomic mass is 16.5. The van der Waals surface area contributed by atoms with Crippen LogP contribution in [0.5, 0.6) is 5.75 Å². The summed E-state index contributed by atoms with van der Waals surface area (Å²) >= 11 is 0. The molecule has 3 nitrogen and oxygen atoms in total. The van der Waals surface area contributed by atoms with Crippen LogP contribution in [0.4, 0.5) is 0 Å². The normalized spacial score (nSPS) is 12.3. The van der Waals surface area contributed by atoms with Crippen molar-refractivity contribution in [3.05, 3.63) is 42.0 Å². The van der Waals surface area contributed by atoms with Gasteiger partial charge in [0.05, 0.1) is 13.0 Å². The van der Waals surface area contributed by atoms with E-state index in [0.717, 1.165) is 47.8 Å². The van der Waals surface area contributed by atoms with Crippen LogP contribution in [-0.4, -0.2) is 13.0 Å². The molecule has 3 heteroatoms. The molecule has 0 heterocycles. The second-order valence-corrected chi connectivity index (χ2v) is 5.39. The van der Waals surface area contributed by atoms with Crippen LogP contribution >= 0.6 is 0 Å². The van der Waals surface area contributed by atoms with Gasteiger partial charge in [-0.25, -0.2) is 0 Å². The molecular formula is C18H23NO2. The molecule has 0 saturated carbocycles. The van der Waals surface area contributed by atoms with Gasteiger partial charge in [0.15, 0.2) is 0 Å². The minimum atomic E-state index is -0.249. The number of methoxy groups -OCH3 is 1. The van der Waals surface area contributed by atoms with E-state index in [1.165, 1.54) is 0 Å². The number of unbranched alkanes of at least 4 members (excludes halogenated alkanes) is 2. The predicted molar refractivity (Wildman–Crippen MR) is 86.6 cm³/mol. The zero-order valence-electron chi connectivity index (χ0n) is 12.8. The van der Waals surface area contributed by atoms with Crippen LogP contribution in [0.2, 0.25) is 0 Å². The zero-order chi connectivity index (χ0) is 15.2. The number of benzene rings is 2. The van der Waals surface area contributed by atoms with E-state index in [2.05, 4.69) is 6.92 Å². The standard InChI is InChI=1S/C18H23NO2/c1-3-4-5-8-16(18(19)20)15-9-6-7-13-10-11-14(21-2)12-17(13)15/h6-7,9-12,16H,3-5,8H2,1-2H3,(H2,19,20). The fourth-order valence-corrected chi connectivity index (χ4v) is 2.76. The van der Waals surface area contributed by atoms with Crippen LogP contribution < -0.4 is 10.5 Å². The Kier molecular flexibility index (Phi) is 5.20. The molecule has 2 rings (SSSR count). The van der Waals surface area contributed by atoms with E-state index in [1.807, 2.05) is 36.4 Å². The maximum Gasteiger partial charge on any atom is 0.224 e. The molecule has 0 bridgehead atoms. The SMILES string of the molecule is CCCCCC(C(N)=O)c1cccc2ccc(OC)cc12. The van der Waals surface area contributed by atoms with Gasteiger partial charge in [-0.2, -0.15) is 0 Å². The number of carbonyl (C=O) groups excluding carboxylic acids is 1. The summed E-state index contributed by atoms with van der Waals surface area (Å²) in [5.41, 5.74) is 6.65. The summed E-state index contributed by atoms with van der Waals surface area (Å²) in [5.74, 6) is 0.320. The van der Waals surface area contributed by atoms with E-state index >= 15 is 0 Å². The summed E-state index contributed by atoms with van der Waals surface area (Å²) in [6.07, 6.45) is 4.08. The van der Waals surface area contributed by atoms with Crippen LogP contribution in [0, 0.1) is 0 Å². The highest BCUT2D eigenvalue weighted by Crippen LogP contribution is 2.31. The minimum Gasteiger partial charge on any atom is -0.497 e. The first kappa shape index (κ1) is 15.4. The van der Waals surface area contributed by atoms with Gasteiger partial charge in [0, 0.05) is 0 Å². The first-order chi connectivity index (χ1) is 10.2. The molecule has 0 fully saturated rings. The van der Waals surface area contributed by atoms with Crippen LogP contribution in [0.1, 0.15) is 44.1 Å². The van der Waals surface area contributed by atoms with Crippen molar-refractivity contribution in [3.8, 4) is 5.75 Å². The molecule has 1 atom stereocenters. The molecule has 2 aromatic rings. The second kappa shape index (κ2) is 7.11. The molecule has 0 aromatic heterocycles. The van der Waals surface area contributed by atoms with Gasteiger partial charge < -0.3 is 10.5 Å². The number of amides is 1. The van der Waals surface area contributed by atoms with Gasteiger partial charge in [-0.1, -0.05) is 50.5 Å². The van der Waals surface area contributed by atoms with Gasteiger partial charge >= 0.3 is 0 Å². The van der Waals surface area contributed by atoms with Crippen LogP contribution in [-0.2, 0) is 4.79 Å². The Hall–Kier alpha value is -2.03. The van der Waals surface area contributed by atoms with Crippen molar-refractivity contribution in [2.75, 3.05) is 7.11 Å². The Morgan fingerprint density at radius 3 is 2.71 bits per heavy atom. The fourth-order valence-electron chi connectivity index (χ4n) is 2.76. The number of carbonyl (C=O) groups is 1. The summed E-state index contributed by atoms with van der Waals surface area (Å²) in [6.45, 7) is 2.15. The van der Waals surface area contributed by atoms with E-state index < -0.39 is 0 Å². The first-order valence-electron chi connectivity index (χ1n) is 7.53. The van der Waals surface area contributed by atoms with Crippen molar-refractivity contribution < 1.29 is 9.53 Å². The smallest absolute Gasteiger partial charge is 0.224 e. The lowest BCUT2D eigenvalue weighted by molar-refractivity contribution is -0.119. The number of fused-ring (bicyclic) bond motifs is 1. The van der Waals surface area contributed by atoms with E-state index in [9.17, 15) is 4.79 Å². The van der Waals surface area contributed by atoms with Crippen molar-refractivity contribution in [1.29, 1.82) is 0 Å². The van der Waals surface area contributed by atoms with Crippen LogP contribution in [0.15, 0.2) is 36.4 Å². The number of ether oxygens (including phenoxy) is 1. The predicted octanol–water partition coefficient (Wildman–Crippen LogP) is 4.00. The average molecular weight is 285 g/mol. The quantitative estimate of drug-likeness (QED) is 0.782. The molecule has 1 amide bonds. The highest BCUT2D eigenvalue weighted by molar-refractivity contribution is 5.93. The topological polar surface area (TPSA) is 52.3 Å². The van der Waals surface area contributed by atoms with E-state index in [0.29, 0.717) is 0 Å². The van der Waals surface area contributed by atoms with E-state index in [1.54, 1.807) is 7.11 Å². The van der Waals surface area contributed by atoms with Crippen molar-refractivity contribution >= 4 is 16.7 Å². The third-order valence-electron chi connectivity index (χ3n) is 3.94. The van der Waals surface area contributed by atoms with Crippen molar-refractivity contribution in [2.24, 2.45) is 5.73 Å². The Labute approximate surface area is 126 Å². The fraction of sp³-hybridized carbons (Fsp3) is 0.389. The minimum absolute atomic E-state index is 0.229. The summed E-state index contributed by atoms with van der Waals surface area (Å²) in [5, 5.41) is 2.16. The molecule has 0 aliphatic heterocycles. The number of hydrogen-bond acceptors (Lipinski definition) is 2. The van der Waals surface area contributed by atoms with Crippen molar-refractivity contribution in [1.82, 2.24) is 0 Å². The molecule has 2 aromatic carbocycles. The van der Waals surface area contributed by atoms with Gasteiger partial charge in [0.25, 0.3) is 0 Å². The molecule has 112 valence electrons. The van der Waals surface area contributed by atoms with E-state index in [-0.39, 0.29) is 11.8 Å². The second-order valence-electron chi connectivity index (χ2n) is 5.39. The van der Waals surface area contributed by atoms with Gasteiger partial charge in [0.2, 0.25) is 5.91 Å². The molecule has 0 saturated heterocycles. The first-order valence-corrected chi connectivity index (χ1v) is 7.53. The van der Waals surface area contributed by atoms with Crippen molar-refractivity contribution in [3.63, 3.8) is 0 Å². The third kappa shape index (κ3) is 3.54. The number of rotatable bonds is 7. The monoisotopic (exact) mass is 285 g/mol. The van der Waals surface area contributed by atoms with E-state index in [4.69, 9.17) is 10.5 Å². The molecular weight excluding hydrogens is 262 g/mol. The lowest BCUT2D eigenvalue weighted by Gasteiger charge is -2.16. The molecule has 0 aliphatic rings. The number of primary amides is 1. The zero-order valence-corrected chi connectivity index (χ0v) is 12.8. The summed E-state index contributed by atoms with van der Waals surface area (Å²) < 4.78 is 5.30. The third-order valence-corrected chi connectivity index (χ3v) is 3.94. The van der Waals surface area contributed by atoms with Crippen LogP contribution in [0.3, 0.4) is 0 Å². The molecule has 21 heavy (non-hydrogen) atoms. The highest BCUT2D eigenvalue weighted by Gasteiger charge is 2.19. The average Bonchev–Trinajstić information content (AvgIpc) is 2.50. The molecule has 0 aliphatic carbocycles. The summed E-state index contributed by atoms with van der Waals surface area (Å²) in [4.78, 5) is 11.9. The van der Waals surface area contributed by atoms with Crippen molar-refractivity contribution in [2.45, 2.75) is 38.5 Å². The molecule has 2 N–H and O–H groups in total. The van der Waals surface area contributed by atoms with Gasteiger partial charge in [-0.05, 0) is 34.9 Å². The van der Waals surface area contributed by atoms with Gasteiger partial charge in [-0.15, -0.1) is 0 Å². The van der Waals surface area contributed by atoms with Gasteiger partial charge in [0.1, 0.15) is 5.75 Å². The number of hydrogen-bond donors (Lipinski definition) is 1.